The van der Waals surface area contributed by atoms with E-state index in [2.05, 4.69) is 50.9 Å². The maximum Gasteiger partial charge on any atom is 0.133 e. The molecule has 0 N–H and O–H groups in total. The molecule has 3 heteroatoms. The van der Waals surface area contributed by atoms with Gasteiger partial charge in [0.15, 0.2) is 0 Å². The van der Waals surface area contributed by atoms with Gasteiger partial charge in [0, 0.05) is 0 Å². The van der Waals surface area contributed by atoms with E-state index in [1.54, 1.807) is 0 Å². The molecular weight excluding hydrogens is 395 g/mol. The Morgan fingerprint density at radius 3 is 2.17 bits per heavy atom. The molecule has 114 valence electrons. The van der Waals surface area contributed by atoms with Gasteiger partial charge in [0.25, 0.3) is 0 Å². The summed E-state index contributed by atoms with van der Waals surface area (Å²) >= 11 is 2.29. The number of rotatable bonds is 6. The summed E-state index contributed by atoms with van der Waals surface area (Å²) in [5.41, 5.74) is 4.97. The van der Waals surface area contributed by atoms with Crippen LogP contribution in [0.25, 0.3) is 5.57 Å². The second-order valence-electron chi connectivity index (χ2n) is 5.30. The Kier molecular flexibility index (Phi) is 6.84. The molecule has 0 unspecified atom stereocenters. The zero-order valence-corrected chi connectivity index (χ0v) is 14.9. The smallest absolute Gasteiger partial charge is 0.133 e. The van der Waals surface area contributed by atoms with Crippen LogP contribution in [0.3, 0.4) is 0 Å². The van der Waals surface area contributed by atoms with Crippen molar-refractivity contribution in [1.29, 1.82) is 10.5 Å². The Morgan fingerprint density at radius 2 is 1.57 bits per heavy atom. The highest BCUT2D eigenvalue weighted by Gasteiger charge is 2.10. The molecule has 0 spiro atoms. The van der Waals surface area contributed by atoms with Crippen LogP contribution in [0.4, 0.5) is 0 Å². The predicted molar refractivity (Wildman–Crippen MR) is 102 cm³/mol. The molecule has 0 saturated heterocycles. The lowest BCUT2D eigenvalue weighted by Crippen LogP contribution is -2.00. The third kappa shape index (κ3) is 4.94. The van der Waals surface area contributed by atoms with Gasteiger partial charge in [-0.15, -0.1) is 0 Å². The van der Waals surface area contributed by atoms with Crippen LogP contribution in [-0.4, -0.2) is 0 Å². The van der Waals surface area contributed by atoms with Gasteiger partial charge in [-0.2, -0.15) is 10.5 Å². The summed E-state index contributed by atoms with van der Waals surface area (Å²) in [6.45, 7) is 0. The van der Waals surface area contributed by atoms with Gasteiger partial charge in [0.05, 0.1) is 12.1 Å². The second kappa shape index (κ2) is 9.12. The summed E-state index contributed by atoms with van der Waals surface area (Å²) in [4.78, 5) is 0. The van der Waals surface area contributed by atoms with E-state index >= 15 is 0 Å². The van der Waals surface area contributed by atoms with Gasteiger partial charge in [-0.1, -0.05) is 77.2 Å². The highest BCUT2D eigenvalue weighted by Crippen LogP contribution is 2.24. The van der Waals surface area contributed by atoms with Gasteiger partial charge in [-0.25, -0.2) is 0 Å². The van der Waals surface area contributed by atoms with Crippen molar-refractivity contribution in [2.24, 2.45) is 5.92 Å². The van der Waals surface area contributed by atoms with E-state index in [-0.39, 0.29) is 0 Å². The van der Waals surface area contributed by atoms with Crippen LogP contribution in [0.5, 0.6) is 0 Å². The van der Waals surface area contributed by atoms with Gasteiger partial charge in [0.1, 0.15) is 5.92 Å². The van der Waals surface area contributed by atoms with Crippen LogP contribution in [0.1, 0.15) is 23.1 Å². The summed E-state index contributed by atoms with van der Waals surface area (Å²) in [6.07, 6.45) is 2.19. The fourth-order valence-electron chi connectivity index (χ4n) is 2.49. The zero-order chi connectivity index (χ0) is 16.5. The van der Waals surface area contributed by atoms with Crippen molar-refractivity contribution < 1.29 is 0 Å². The fourth-order valence-corrected chi connectivity index (χ4v) is 3.07. The first-order valence-electron chi connectivity index (χ1n) is 7.49. The molecule has 0 bridgehead atoms. The molecule has 0 atom stereocenters. The molecule has 2 nitrogen and oxygen atoms in total. The minimum absolute atomic E-state index is 0.531. The van der Waals surface area contributed by atoms with Crippen molar-refractivity contribution in [1.82, 2.24) is 0 Å². The van der Waals surface area contributed by atoms with E-state index in [0.717, 1.165) is 12.8 Å². The predicted octanol–water partition coefficient (Wildman–Crippen LogP) is 5.30. The molecule has 0 saturated carbocycles. The SMILES string of the molecule is N#CC(C#N)CCc1ccccc1CC(=CI)c1ccccc1. The van der Waals surface area contributed by atoms with Gasteiger partial charge in [0.2, 0.25) is 0 Å². The number of halogens is 1. The van der Waals surface area contributed by atoms with Crippen molar-refractivity contribution in [2.45, 2.75) is 19.3 Å². The number of nitrogens with zero attached hydrogens (tertiary/aromatic N) is 2. The summed E-state index contributed by atoms with van der Waals surface area (Å²) in [6, 6.07) is 22.7. The van der Waals surface area contributed by atoms with Crippen LogP contribution >= 0.6 is 22.6 Å². The molecule has 0 fully saturated rings. The number of hydrogen-bond donors (Lipinski definition) is 0. The number of aryl methyl sites for hydroxylation is 1. The third-order valence-electron chi connectivity index (χ3n) is 3.79. The third-order valence-corrected chi connectivity index (χ3v) is 4.54. The monoisotopic (exact) mass is 412 g/mol. The average molecular weight is 412 g/mol. The topological polar surface area (TPSA) is 47.6 Å². The lowest BCUT2D eigenvalue weighted by Gasteiger charge is -2.12. The molecule has 2 aromatic carbocycles. The maximum absolute atomic E-state index is 8.92. The Bertz CT molecular complexity index is 737. The lowest BCUT2D eigenvalue weighted by molar-refractivity contribution is 0.727. The molecule has 0 aromatic heterocycles. The van der Waals surface area contributed by atoms with E-state index in [4.69, 9.17) is 10.5 Å². The van der Waals surface area contributed by atoms with Gasteiger partial charge in [-0.05, 0) is 45.6 Å². The summed E-state index contributed by atoms with van der Waals surface area (Å²) in [5, 5.41) is 17.8. The standard InChI is InChI=1S/C20H17IN2/c21-13-20(17-6-2-1-3-7-17)12-19-9-5-4-8-18(19)11-10-16(14-22)15-23/h1-9,13,16H,10-12H2. The normalized spacial score (nSPS) is 11.0. The average Bonchev–Trinajstić information content (AvgIpc) is 2.62. The van der Waals surface area contributed by atoms with Crippen molar-refractivity contribution in [3.8, 4) is 12.1 Å². The molecule has 23 heavy (non-hydrogen) atoms. The zero-order valence-electron chi connectivity index (χ0n) is 12.7. The second-order valence-corrected chi connectivity index (χ2v) is 5.92. The van der Waals surface area contributed by atoms with Crippen LogP contribution in [0.2, 0.25) is 0 Å². The van der Waals surface area contributed by atoms with E-state index in [9.17, 15) is 0 Å². The molecule has 0 heterocycles. The molecule has 0 aliphatic heterocycles. The lowest BCUT2D eigenvalue weighted by atomic mass is 9.93. The largest absolute Gasteiger partial charge is 0.197 e. The van der Waals surface area contributed by atoms with Crippen LogP contribution in [0.15, 0.2) is 58.7 Å². The Labute approximate surface area is 151 Å². The first-order chi connectivity index (χ1) is 11.3. The fraction of sp³-hybridized carbons (Fsp3) is 0.200. The van der Waals surface area contributed by atoms with E-state index in [1.807, 2.05) is 42.5 Å². The van der Waals surface area contributed by atoms with E-state index in [1.165, 1.54) is 22.3 Å². The number of nitriles is 2. The van der Waals surface area contributed by atoms with Gasteiger partial charge >= 0.3 is 0 Å². The van der Waals surface area contributed by atoms with E-state index in [0.29, 0.717) is 6.42 Å². The Balaban J connectivity index is 2.17. The molecule has 2 rings (SSSR count). The highest BCUT2D eigenvalue weighted by molar-refractivity contribution is 14.1. The van der Waals surface area contributed by atoms with Gasteiger partial charge in [-0.3, -0.25) is 0 Å². The molecule has 0 aliphatic rings. The van der Waals surface area contributed by atoms with Crippen molar-refractivity contribution in [3.05, 3.63) is 75.4 Å². The molecule has 0 aliphatic carbocycles. The molecule has 2 aromatic rings. The number of benzene rings is 2. The molecular formula is C20H17IN2. The van der Waals surface area contributed by atoms with Crippen LogP contribution in [-0.2, 0) is 12.8 Å². The Hall–Kier alpha value is -2.11. The first-order valence-corrected chi connectivity index (χ1v) is 8.73. The quantitative estimate of drug-likeness (QED) is 0.605. The molecule has 0 radical (unpaired) electrons. The summed E-state index contributed by atoms with van der Waals surface area (Å²) in [5.74, 6) is -0.531. The minimum atomic E-state index is -0.531. The number of hydrogen-bond acceptors (Lipinski definition) is 2. The summed E-state index contributed by atoms with van der Waals surface area (Å²) < 4.78 is 2.12. The van der Waals surface area contributed by atoms with Crippen LogP contribution in [0, 0.1) is 28.6 Å². The van der Waals surface area contributed by atoms with Crippen LogP contribution < -0.4 is 0 Å². The first kappa shape index (κ1) is 17.2. The van der Waals surface area contributed by atoms with Crippen molar-refractivity contribution >= 4 is 28.2 Å². The van der Waals surface area contributed by atoms with E-state index < -0.39 is 5.92 Å². The Morgan fingerprint density at radius 1 is 0.957 bits per heavy atom. The highest BCUT2D eigenvalue weighted by atomic mass is 127. The number of allylic oxidation sites excluding steroid dienone is 1. The maximum atomic E-state index is 8.92. The summed E-state index contributed by atoms with van der Waals surface area (Å²) in [7, 11) is 0. The molecule has 0 amide bonds. The van der Waals surface area contributed by atoms with Crippen molar-refractivity contribution in [2.75, 3.05) is 0 Å². The van der Waals surface area contributed by atoms with Gasteiger partial charge < -0.3 is 0 Å². The van der Waals surface area contributed by atoms with Crippen molar-refractivity contribution in [3.63, 3.8) is 0 Å². The minimum Gasteiger partial charge on any atom is -0.197 e.